The summed E-state index contributed by atoms with van der Waals surface area (Å²) >= 11 is 0. The van der Waals surface area contributed by atoms with Crippen LogP contribution in [0.3, 0.4) is 0 Å². The van der Waals surface area contributed by atoms with Crippen LogP contribution in [-0.4, -0.2) is 47.5 Å². The molecule has 2 N–H and O–H groups in total. The van der Waals surface area contributed by atoms with Crippen LogP contribution >= 0.6 is 0 Å². The molecule has 144 valence electrons. The van der Waals surface area contributed by atoms with E-state index in [0.29, 0.717) is 17.8 Å². The number of hydrogen-bond donors (Lipinski definition) is 2. The van der Waals surface area contributed by atoms with Gasteiger partial charge in [-0.25, -0.2) is 4.79 Å². The zero-order chi connectivity index (χ0) is 20.1. The van der Waals surface area contributed by atoms with Crippen molar-refractivity contribution in [3.63, 3.8) is 0 Å². The Bertz CT molecular complexity index is 660. The van der Waals surface area contributed by atoms with Gasteiger partial charge in [-0.3, -0.25) is 9.59 Å². The molecule has 0 aliphatic heterocycles. The van der Waals surface area contributed by atoms with Gasteiger partial charge in [-0.2, -0.15) is 0 Å². The molecule has 0 aliphatic rings. The summed E-state index contributed by atoms with van der Waals surface area (Å²) in [6, 6.07) is 6.65. The SMILES string of the molecule is CC(=O)Nc1ccc(C(=O)N(C)CC(C)(C)NC(=O)OC(C)(C)C)cc1. The van der Waals surface area contributed by atoms with Crippen molar-refractivity contribution >= 4 is 23.6 Å². The first kappa shape index (κ1) is 21.5. The molecule has 1 aromatic carbocycles. The molecule has 0 spiro atoms. The molecule has 1 rings (SSSR count). The second-order valence-electron chi connectivity index (χ2n) is 7.93. The van der Waals surface area contributed by atoms with E-state index in [2.05, 4.69) is 10.6 Å². The molecule has 0 fully saturated rings. The molecule has 0 heterocycles. The maximum Gasteiger partial charge on any atom is 0.408 e. The lowest BCUT2D eigenvalue weighted by Crippen LogP contribution is -2.52. The highest BCUT2D eigenvalue weighted by atomic mass is 16.6. The number of hydrogen-bond acceptors (Lipinski definition) is 4. The van der Waals surface area contributed by atoms with Crippen LogP contribution in [0.15, 0.2) is 24.3 Å². The first-order chi connectivity index (χ1) is 11.8. The second kappa shape index (κ2) is 8.21. The Morgan fingerprint density at radius 3 is 2.04 bits per heavy atom. The molecular weight excluding hydrogens is 334 g/mol. The van der Waals surface area contributed by atoms with Crippen molar-refractivity contribution in [2.24, 2.45) is 0 Å². The number of alkyl carbamates (subject to hydrolysis) is 1. The monoisotopic (exact) mass is 363 g/mol. The van der Waals surface area contributed by atoms with E-state index in [1.54, 1.807) is 52.1 Å². The second-order valence-corrected chi connectivity index (χ2v) is 7.93. The average Bonchev–Trinajstić information content (AvgIpc) is 2.43. The molecule has 0 saturated heterocycles. The van der Waals surface area contributed by atoms with Gasteiger partial charge in [-0.05, 0) is 58.9 Å². The van der Waals surface area contributed by atoms with E-state index in [1.165, 1.54) is 11.8 Å². The lowest BCUT2D eigenvalue weighted by molar-refractivity contribution is -0.114. The zero-order valence-electron chi connectivity index (χ0n) is 16.6. The van der Waals surface area contributed by atoms with Crippen LogP contribution in [0.2, 0.25) is 0 Å². The molecule has 26 heavy (non-hydrogen) atoms. The zero-order valence-corrected chi connectivity index (χ0v) is 16.6. The van der Waals surface area contributed by atoms with E-state index in [1.807, 2.05) is 13.8 Å². The molecule has 0 saturated carbocycles. The standard InChI is InChI=1S/C19H29N3O4/c1-13(23)20-15-10-8-14(9-11-15)16(24)22(7)12-19(5,6)21-17(25)26-18(2,3)4/h8-11H,12H2,1-7H3,(H,20,23)(H,21,25). The largest absolute Gasteiger partial charge is 0.444 e. The van der Waals surface area contributed by atoms with Crippen molar-refractivity contribution in [2.75, 3.05) is 18.9 Å². The van der Waals surface area contributed by atoms with Gasteiger partial charge < -0.3 is 20.3 Å². The minimum absolute atomic E-state index is 0.170. The third kappa shape index (κ3) is 7.55. The molecule has 0 unspecified atom stereocenters. The van der Waals surface area contributed by atoms with E-state index < -0.39 is 17.2 Å². The number of benzene rings is 1. The summed E-state index contributed by atoms with van der Waals surface area (Å²) in [5, 5.41) is 5.43. The lowest BCUT2D eigenvalue weighted by Gasteiger charge is -2.32. The lowest BCUT2D eigenvalue weighted by atomic mass is 10.0. The van der Waals surface area contributed by atoms with E-state index in [4.69, 9.17) is 4.74 Å². The van der Waals surface area contributed by atoms with Crippen LogP contribution in [0.4, 0.5) is 10.5 Å². The van der Waals surface area contributed by atoms with Gasteiger partial charge in [0.25, 0.3) is 5.91 Å². The Morgan fingerprint density at radius 1 is 1.04 bits per heavy atom. The Hall–Kier alpha value is -2.57. The highest BCUT2D eigenvalue weighted by Gasteiger charge is 2.27. The summed E-state index contributed by atoms with van der Waals surface area (Å²) in [5.41, 5.74) is -0.126. The molecule has 7 nitrogen and oxygen atoms in total. The number of ether oxygens (including phenoxy) is 1. The summed E-state index contributed by atoms with van der Waals surface area (Å²) < 4.78 is 5.26. The Morgan fingerprint density at radius 2 is 1.58 bits per heavy atom. The summed E-state index contributed by atoms with van der Waals surface area (Å²) in [7, 11) is 1.67. The van der Waals surface area contributed by atoms with E-state index in [0.717, 1.165) is 0 Å². The molecule has 0 atom stereocenters. The van der Waals surface area contributed by atoms with Crippen LogP contribution < -0.4 is 10.6 Å². The third-order valence-electron chi connectivity index (χ3n) is 3.27. The highest BCUT2D eigenvalue weighted by Crippen LogP contribution is 2.14. The van der Waals surface area contributed by atoms with Crippen molar-refractivity contribution < 1.29 is 19.1 Å². The fourth-order valence-electron chi connectivity index (χ4n) is 2.40. The van der Waals surface area contributed by atoms with Crippen LogP contribution in [0.25, 0.3) is 0 Å². The van der Waals surface area contributed by atoms with Crippen molar-refractivity contribution in [3.8, 4) is 0 Å². The van der Waals surface area contributed by atoms with Crippen LogP contribution in [0.5, 0.6) is 0 Å². The summed E-state index contributed by atoms with van der Waals surface area (Å²) in [6.07, 6.45) is -0.525. The number of nitrogens with zero attached hydrogens (tertiary/aromatic N) is 1. The van der Waals surface area contributed by atoms with Crippen molar-refractivity contribution in [3.05, 3.63) is 29.8 Å². The van der Waals surface area contributed by atoms with Gasteiger partial charge in [0, 0.05) is 31.8 Å². The number of amides is 3. The summed E-state index contributed by atoms with van der Waals surface area (Å²) in [4.78, 5) is 37.1. The summed E-state index contributed by atoms with van der Waals surface area (Å²) in [6.45, 7) is 10.7. The van der Waals surface area contributed by atoms with E-state index in [-0.39, 0.29) is 11.8 Å². The van der Waals surface area contributed by atoms with Gasteiger partial charge in [-0.1, -0.05) is 0 Å². The normalized spacial score (nSPS) is 11.5. The van der Waals surface area contributed by atoms with E-state index >= 15 is 0 Å². The Balaban J connectivity index is 2.70. The minimum Gasteiger partial charge on any atom is -0.444 e. The predicted octanol–water partition coefficient (Wildman–Crippen LogP) is 3.02. The Labute approximate surface area is 155 Å². The number of rotatable bonds is 5. The number of likely N-dealkylation sites (N-methyl/N-ethyl adjacent to an activating group) is 1. The minimum atomic E-state index is -0.664. The maximum absolute atomic E-state index is 12.6. The number of anilines is 1. The van der Waals surface area contributed by atoms with Crippen LogP contribution in [-0.2, 0) is 9.53 Å². The van der Waals surface area contributed by atoms with Crippen LogP contribution in [0, 0.1) is 0 Å². The first-order valence-corrected chi connectivity index (χ1v) is 8.43. The molecule has 0 aromatic heterocycles. The number of nitrogens with one attached hydrogen (secondary N) is 2. The molecule has 0 radical (unpaired) electrons. The molecule has 7 heteroatoms. The fraction of sp³-hybridized carbons (Fsp3) is 0.526. The Kier molecular flexibility index (Phi) is 6.78. The first-order valence-electron chi connectivity index (χ1n) is 8.43. The topological polar surface area (TPSA) is 87.7 Å². The predicted molar refractivity (Wildman–Crippen MR) is 101 cm³/mol. The molecule has 1 aromatic rings. The quantitative estimate of drug-likeness (QED) is 0.842. The van der Waals surface area contributed by atoms with E-state index in [9.17, 15) is 14.4 Å². The van der Waals surface area contributed by atoms with Crippen molar-refractivity contribution in [1.29, 1.82) is 0 Å². The van der Waals surface area contributed by atoms with Gasteiger partial charge in [0.1, 0.15) is 5.60 Å². The molecule has 0 bridgehead atoms. The van der Waals surface area contributed by atoms with Crippen LogP contribution in [0.1, 0.15) is 51.9 Å². The van der Waals surface area contributed by atoms with Gasteiger partial charge >= 0.3 is 6.09 Å². The maximum atomic E-state index is 12.6. The van der Waals surface area contributed by atoms with Crippen molar-refractivity contribution in [1.82, 2.24) is 10.2 Å². The third-order valence-corrected chi connectivity index (χ3v) is 3.27. The number of carbonyl (C=O) groups excluding carboxylic acids is 3. The average molecular weight is 363 g/mol. The summed E-state index contributed by atoms with van der Waals surface area (Å²) in [5.74, 6) is -0.352. The van der Waals surface area contributed by atoms with Gasteiger partial charge in [-0.15, -0.1) is 0 Å². The highest BCUT2D eigenvalue weighted by molar-refractivity contribution is 5.95. The van der Waals surface area contributed by atoms with Crippen molar-refractivity contribution in [2.45, 2.75) is 52.7 Å². The van der Waals surface area contributed by atoms with Gasteiger partial charge in [0.2, 0.25) is 5.91 Å². The van der Waals surface area contributed by atoms with Gasteiger partial charge in [0.15, 0.2) is 0 Å². The smallest absolute Gasteiger partial charge is 0.408 e. The molecule has 3 amide bonds. The molecule has 0 aliphatic carbocycles. The number of carbonyl (C=O) groups is 3. The molecular formula is C19H29N3O4. The fourth-order valence-corrected chi connectivity index (χ4v) is 2.40. The van der Waals surface area contributed by atoms with Gasteiger partial charge in [0.05, 0.1) is 5.54 Å².